The topological polar surface area (TPSA) is 117 Å². The Bertz CT molecular complexity index is 1130. The molecule has 4 rings (SSSR count). The number of alkyl halides is 3. The maximum atomic E-state index is 13.1. The molecule has 4 heterocycles. The first-order valence-corrected chi connectivity index (χ1v) is 12.5. The van der Waals surface area contributed by atoms with Gasteiger partial charge >= 0.3 is 12.1 Å². The molecule has 2 aromatic rings. The molecule has 0 spiro atoms. The van der Waals surface area contributed by atoms with Crippen LogP contribution in [0.3, 0.4) is 0 Å². The number of fused-ring (bicyclic) bond motifs is 1. The van der Waals surface area contributed by atoms with E-state index in [1.165, 1.54) is 0 Å². The monoisotopic (exact) mass is 519 g/mol. The molecule has 0 saturated carbocycles. The smallest absolute Gasteiger partial charge is 0.475 e. The van der Waals surface area contributed by atoms with Gasteiger partial charge in [-0.05, 0) is 31.9 Å². The van der Waals surface area contributed by atoms with Crippen LogP contribution >= 0.6 is 0 Å². The number of aliphatic carboxylic acids is 1. The van der Waals surface area contributed by atoms with Crippen LogP contribution in [0.1, 0.15) is 24.2 Å². The summed E-state index contributed by atoms with van der Waals surface area (Å²) in [7, 11) is -3.14. The zero-order valence-electron chi connectivity index (χ0n) is 18.8. The van der Waals surface area contributed by atoms with Crippen LogP contribution in [-0.2, 0) is 21.2 Å². The van der Waals surface area contributed by atoms with E-state index < -0.39 is 33.1 Å². The molecular formula is C21H25F4N5O4S. The van der Waals surface area contributed by atoms with Gasteiger partial charge in [-0.3, -0.25) is 9.88 Å². The average molecular weight is 520 g/mol. The molecule has 0 unspecified atom stereocenters. The lowest BCUT2D eigenvalue weighted by atomic mass is 10.1. The van der Waals surface area contributed by atoms with Crippen molar-refractivity contribution < 1.29 is 35.9 Å². The third kappa shape index (κ3) is 7.07. The number of carboxylic acid groups (broad SMARTS) is 1. The van der Waals surface area contributed by atoms with Crippen molar-refractivity contribution in [2.75, 3.05) is 30.3 Å². The van der Waals surface area contributed by atoms with Crippen molar-refractivity contribution in [2.45, 2.75) is 43.8 Å². The van der Waals surface area contributed by atoms with Gasteiger partial charge in [-0.1, -0.05) is 6.07 Å². The number of halogens is 4. The minimum atomic E-state index is -5.08. The normalized spacial score (nSPS) is 22.4. The third-order valence-electron chi connectivity index (χ3n) is 5.84. The summed E-state index contributed by atoms with van der Waals surface area (Å²) in [6.07, 6.45) is -1.58. The van der Waals surface area contributed by atoms with Crippen molar-refractivity contribution in [3.8, 4) is 0 Å². The summed E-state index contributed by atoms with van der Waals surface area (Å²) in [5, 5.41) is 6.72. The van der Waals surface area contributed by atoms with E-state index in [-0.39, 0.29) is 11.8 Å². The van der Waals surface area contributed by atoms with Crippen LogP contribution in [0.2, 0.25) is 0 Å². The molecule has 192 valence electrons. The molecule has 0 amide bonds. The highest BCUT2D eigenvalue weighted by atomic mass is 32.2. The first-order chi connectivity index (χ1) is 16.4. The van der Waals surface area contributed by atoms with Crippen LogP contribution in [-0.4, -0.2) is 82.2 Å². The van der Waals surface area contributed by atoms with Gasteiger partial charge in [0.15, 0.2) is 15.7 Å². The van der Waals surface area contributed by atoms with Crippen LogP contribution in [0.4, 0.5) is 23.5 Å². The van der Waals surface area contributed by atoms with Gasteiger partial charge in [0, 0.05) is 37.9 Å². The fourth-order valence-electron chi connectivity index (χ4n) is 4.22. The highest BCUT2D eigenvalue weighted by molar-refractivity contribution is 7.92. The second-order valence-electron chi connectivity index (χ2n) is 8.28. The minimum Gasteiger partial charge on any atom is -0.475 e. The first-order valence-electron chi connectivity index (χ1n) is 10.8. The van der Waals surface area contributed by atoms with Crippen LogP contribution in [0.5, 0.6) is 0 Å². The van der Waals surface area contributed by atoms with Gasteiger partial charge in [0.25, 0.3) is 0 Å². The highest BCUT2D eigenvalue weighted by Crippen LogP contribution is 2.30. The molecule has 2 fully saturated rings. The number of hydrogen-bond donors (Lipinski definition) is 1. The standard InChI is InChI=1S/C19H24FN5O2S.C2HF3O2/c1-14-3-2-4-16(23-14)13-25-9-10-28(26,27)18-6-8-24(7-5-17(18)25)19-21-11-15(20)12-22-19;3-2(4,5)1(6)7/h2-4,11-12,17-18H,5-10,13H2,1H3;(H,6,7)/t17-,18+;/m0./s1. The van der Waals surface area contributed by atoms with Crippen molar-refractivity contribution in [3.05, 3.63) is 47.8 Å². The number of sulfone groups is 1. The van der Waals surface area contributed by atoms with E-state index in [0.29, 0.717) is 45.0 Å². The van der Waals surface area contributed by atoms with Crippen LogP contribution < -0.4 is 4.90 Å². The lowest BCUT2D eigenvalue weighted by Gasteiger charge is -2.39. The van der Waals surface area contributed by atoms with Crippen molar-refractivity contribution in [3.63, 3.8) is 0 Å². The van der Waals surface area contributed by atoms with Gasteiger partial charge in [0.2, 0.25) is 5.95 Å². The van der Waals surface area contributed by atoms with E-state index in [4.69, 9.17) is 9.90 Å². The number of rotatable bonds is 3. The Morgan fingerprint density at radius 3 is 2.37 bits per heavy atom. The van der Waals surface area contributed by atoms with Gasteiger partial charge in [0.05, 0.1) is 29.1 Å². The molecule has 0 aromatic carbocycles. The summed E-state index contributed by atoms with van der Waals surface area (Å²) in [6.45, 7) is 4.30. The maximum absolute atomic E-state index is 13.1. The summed E-state index contributed by atoms with van der Waals surface area (Å²) >= 11 is 0. The number of hydrogen-bond acceptors (Lipinski definition) is 8. The van der Waals surface area contributed by atoms with E-state index in [1.807, 2.05) is 30.0 Å². The number of nitrogens with zero attached hydrogens (tertiary/aromatic N) is 5. The van der Waals surface area contributed by atoms with Crippen molar-refractivity contribution in [2.24, 2.45) is 0 Å². The number of carbonyl (C=O) groups is 1. The Morgan fingerprint density at radius 2 is 1.77 bits per heavy atom. The lowest BCUT2D eigenvalue weighted by Crippen LogP contribution is -2.54. The molecule has 14 heteroatoms. The zero-order chi connectivity index (χ0) is 25.8. The van der Waals surface area contributed by atoms with Gasteiger partial charge in [-0.25, -0.2) is 27.6 Å². The first kappa shape index (κ1) is 26.7. The van der Waals surface area contributed by atoms with Gasteiger partial charge in [-0.15, -0.1) is 0 Å². The Hall–Kier alpha value is -2.87. The summed E-state index contributed by atoms with van der Waals surface area (Å²) in [5.41, 5.74) is 1.92. The van der Waals surface area contributed by atoms with E-state index in [1.54, 1.807) is 0 Å². The number of pyridine rings is 1. The number of aromatic nitrogens is 3. The molecule has 2 aromatic heterocycles. The lowest BCUT2D eigenvalue weighted by molar-refractivity contribution is -0.192. The predicted molar refractivity (Wildman–Crippen MR) is 118 cm³/mol. The van der Waals surface area contributed by atoms with E-state index in [9.17, 15) is 26.0 Å². The quantitative estimate of drug-likeness (QED) is 0.610. The third-order valence-corrected chi connectivity index (χ3v) is 8.07. The van der Waals surface area contributed by atoms with Gasteiger partial charge < -0.3 is 10.0 Å². The Kier molecular flexibility index (Phi) is 8.26. The molecule has 1 N–H and O–H groups in total. The Morgan fingerprint density at radius 1 is 1.14 bits per heavy atom. The van der Waals surface area contributed by atoms with Crippen molar-refractivity contribution in [1.29, 1.82) is 0 Å². The second-order valence-corrected chi connectivity index (χ2v) is 10.6. The summed E-state index contributed by atoms with van der Waals surface area (Å²) < 4.78 is 70.4. The summed E-state index contributed by atoms with van der Waals surface area (Å²) in [6, 6.07) is 5.86. The van der Waals surface area contributed by atoms with E-state index in [2.05, 4.69) is 19.9 Å². The molecule has 2 aliphatic heterocycles. The number of anilines is 1. The van der Waals surface area contributed by atoms with Crippen molar-refractivity contribution >= 4 is 21.8 Å². The van der Waals surface area contributed by atoms with E-state index >= 15 is 0 Å². The largest absolute Gasteiger partial charge is 0.490 e. The van der Waals surface area contributed by atoms with Crippen LogP contribution in [0, 0.1) is 12.7 Å². The second kappa shape index (κ2) is 10.8. The molecule has 0 aliphatic carbocycles. The molecule has 9 nitrogen and oxygen atoms in total. The minimum absolute atomic E-state index is 0.0634. The van der Waals surface area contributed by atoms with Crippen LogP contribution in [0.15, 0.2) is 30.6 Å². The maximum Gasteiger partial charge on any atom is 0.490 e. The molecule has 0 bridgehead atoms. The zero-order valence-corrected chi connectivity index (χ0v) is 19.6. The predicted octanol–water partition coefficient (Wildman–Crippen LogP) is 2.22. The Labute approximate surface area is 199 Å². The number of carboxylic acids is 1. The molecule has 2 saturated heterocycles. The molecule has 2 atom stereocenters. The summed E-state index contributed by atoms with van der Waals surface area (Å²) in [5.74, 6) is -2.61. The van der Waals surface area contributed by atoms with Crippen molar-refractivity contribution in [1.82, 2.24) is 19.9 Å². The average Bonchev–Trinajstić information content (AvgIpc) is 3.01. The Balaban J connectivity index is 0.000000429. The van der Waals surface area contributed by atoms with E-state index in [0.717, 1.165) is 23.8 Å². The SMILES string of the molecule is Cc1cccc(CN2CCS(=O)(=O)[C@@H]3CCN(c4ncc(F)cn4)CC[C@@H]32)n1.O=C(O)C(F)(F)F. The molecule has 35 heavy (non-hydrogen) atoms. The highest BCUT2D eigenvalue weighted by Gasteiger charge is 2.43. The van der Waals surface area contributed by atoms with Crippen LogP contribution in [0.25, 0.3) is 0 Å². The molecule has 2 aliphatic rings. The molecule has 0 radical (unpaired) electrons. The fourth-order valence-corrected chi connectivity index (χ4v) is 6.26. The summed E-state index contributed by atoms with van der Waals surface area (Å²) in [4.78, 5) is 25.8. The van der Waals surface area contributed by atoms with Gasteiger partial charge in [0.1, 0.15) is 0 Å². The fraction of sp³-hybridized carbons (Fsp3) is 0.524. The number of aryl methyl sites for hydroxylation is 1. The molecular weight excluding hydrogens is 494 g/mol. The van der Waals surface area contributed by atoms with Gasteiger partial charge in [-0.2, -0.15) is 13.2 Å².